The van der Waals surface area contributed by atoms with Gasteiger partial charge in [0.1, 0.15) is 0 Å². The second-order valence-electron chi connectivity index (χ2n) is 5.17. The van der Waals surface area contributed by atoms with Gasteiger partial charge in [-0.1, -0.05) is 25.1 Å². The Morgan fingerprint density at radius 1 is 1.27 bits per heavy atom. The maximum absolute atomic E-state index is 12.0. The van der Waals surface area contributed by atoms with Crippen molar-refractivity contribution in [1.82, 2.24) is 15.4 Å². The van der Waals surface area contributed by atoms with Gasteiger partial charge in [-0.3, -0.25) is 4.99 Å². The summed E-state index contributed by atoms with van der Waals surface area (Å²) >= 11 is 0. The highest BCUT2D eigenvalue weighted by atomic mass is 127. The molecule has 6 nitrogen and oxygen atoms in total. The summed E-state index contributed by atoms with van der Waals surface area (Å²) in [6, 6.07) is 8.83. The van der Waals surface area contributed by atoms with E-state index in [1.165, 1.54) is 0 Å². The van der Waals surface area contributed by atoms with Crippen LogP contribution in [0.3, 0.4) is 0 Å². The van der Waals surface area contributed by atoms with Gasteiger partial charge in [-0.15, -0.1) is 24.0 Å². The van der Waals surface area contributed by atoms with Crippen LogP contribution in [0.1, 0.15) is 13.3 Å². The van der Waals surface area contributed by atoms with Gasteiger partial charge < -0.3 is 10.6 Å². The zero-order chi connectivity index (χ0) is 15.3. The Hall–Kier alpha value is -0.870. The number of halogens is 1. The van der Waals surface area contributed by atoms with Gasteiger partial charge in [-0.05, 0) is 24.5 Å². The van der Waals surface area contributed by atoms with Crippen LogP contribution in [0.5, 0.6) is 0 Å². The Bertz CT molecular complexity index is 592. The molecule has 1 aliphatic carbocycles. The first kappa shape index (κ1) is 19.2. The highest BCUT2D eigenvalue weighted by Gasteiger charge is 2.33. The SMILES string of the molecule is CN=C(NCCNS(=O)(=O)c1ccccc1)NC1CC1C.I. The Labute approximate surface area is 149 Å². The second-order valence-corrected chi connectivity index (χ2v) is 6.94. The predicted octanol–water partition coefficient (Wildman–Crippen LogP) is 1.16. The minimum atomic E-state index is -3.43. The van der Waals surface area contributed by atoms with E-state index in [2.05, 4.69) is 27.3 Å². The Morgan fingerprint density at radius 3 is 2.45 bits per heavy atom. The molecule has 0 radical (unpaired) electrons. The quantitative estimate of drug-likeness (QED) is 0.270. The van der Waals surface area contributed by atoms with E-state index in [0.717, 1.165) is 6.42 Å². The number of aliphatic imine (C=N–C) groups is 1. The van der Waals surface area contributed by atoms with Crippen LogP contribution >= 0.6 is 24.0 Å². The fourth-order valence-electron chi connectivity index (χ4n) is 1.94. The molecule has 0 heterocycles. The van der Waals surface area contributed by atoms with Crippen LogP contribution in [0.15, 0.2) is 40.2 Å². The molecule has 22 heavy (non-hydrogen) atoms. The Morgan fingerprint density at radius 2 is 1.91 bits per heavy atom. The van der Waals surface area contributed by atoms with E-state index in [0.29, 0.717) is 31.0 Å². The lowest BCUT2D eigenvalue weighted by atomic mass is 10.4. The van der Waals surface area contributed by atoms with E-state index in [-0.39, 0.29) is 28.9 Å². The van der Waals surface area contributed by atoms with E-state index >= 15 is 0 Å². The van der Waals surface area contributed by atoms with Gasteiger partial charge in [-0.2, -0.15) is 0 Å². The highest BCUT2D eigenvalue weighted by Crippen LogP contribution is 2.28. The molecule has 2 unspecified atom stereocenters. The van der Waals surface area contributed by atoms with Crippen molar-refractivity contribution in [3.05, 3.63) is 30.3 Å². The zero-order valence-electron chi connectivity index (χ0n) is 12.7. The van der Waals surface area contributed by atoms with Crippen LogP contribution in [-0.2, 0) is 10.0 Å². The first-order valence-corrected chi connectivity index (χ1v) is 8.53. The van der Waals surface area contributed by atoms with Crippen LogP contribution in [0.25, 0.3) is 0 Å². The number of nitrogens with zero attached hydrogens (tertiary/aromatic N) is 1. The van der Waals surface area contributed by atoms with Crippen molar-refractivity contribution in [3.63, 3.8) is 0 Å². The first-order valence-electron chi connectivity index (χ1n) is 7.05. The summed E-state index contributed by atoms with van der Waals surface area (Å²) in [4.78, 5) is 4.39. The second kappa shape index (κ2) is 8.68. The van der Waals surface area contributed by atoms with Gasteiger partial charge in [0, 0.05) is 26.2 Å². The minimum Gasteiger partial charge on any atom is -0.355 e. The average molecular weight is 438 g/mol. The molecule has 0 saturated heterocycles. The van der Waals surface area contributed by atoms with E-state index in [9.17, 15) is 8.42 Å². The third kappa shape index (κ3) is 5.73. The highest BCUT2D eigenvalue weighted by molar-refractivity contribution is 14.0. The molecule has 0 amide bonds. The van der Waals surface area contributed by atoms with Crippen molar-refractivity contribution < 1.29 is 8.42 Å². The predicted molar refractivity (Wildman–Crippen MR) is 99.1 cm³/mol. The molecule has 0 aromatic heterocycles. The van der Waals surface area contributed by atoms with Crippen molar-refractivity contribution >= 4 is 40.0 Å². The van der Waals surface area contributed by atoms with Gasteiger partial charge >= 0.3 is 0 Å². The monoisotopic (exact) mass is 438 g/mol. The Kier molecular flexibility index (Phi) is 7.57. The number of benzene rings is 1. The van der Waals surface area contributed by atoms with E-state index in [1.54, 1.807) is 37.4 Å². The maximum Gasteiger partial charge on any atom is 0.240 e. The van der Waals surface area contributed by atoms with Crippen molar-refractivity contribution in [2.45, 2.75) is 24.3 Å². The van der Waals surface area contributed by atoms with E-state index < -0.39 is 10.0 Å². The summed E-state index contributed by atoms with van der Waals surface area (Å²) in [5, 5.41) is 6.38. The maximum atomic E-state index is 12.0. The number of rotatable bonds is 6. The summed E-state index contributed by atoms with van der Waals surface area (Å²) in [5.41, 5.74) is 0. The normalized spacial score (nSPS) is 20.9. The molecule has 2 rings (SSSR count). The first-order chi connectivity index (χ1) is 10.0. The lowest BCUT2D eigenvalue weighted by Crippen LogP contribution is -2.42. The Balaban J connectivity index is 0.00000242. The standard InChI is InChI=1S/C14H22N4O2S.HI/c1-11-10-13(11)18-14(15-2)16-8-9-17-21(19,20)12-6-4-3-5-7-12;/h3-7,11,13,17H,8-10H2,1-2H3,(H2,15,16,18);1H. The molecule has 2 atom stereocenters. The summed E-state index contributed by atoms with van der Waals surface area (Å²) in [7, 11) is -1.73. The summed E-state index contributed by atoms with van der Waals surface area (Å²) in [6.07, 6.45) is 1.15. The van der Waals surface area contributed by atoms with Crippen molar-refractivity contribution in [1.29, 1.82) is 0 Å². The fourth-order valence-corrected chi connectivity index (χ4v) is 3.00. The molecule has 1 aliphatic rings. The number of sulfonamides is 1. The third-order valence-corrected chi connectivity index (χ3v) is 4.90. The van der Waals surface area contributed by atoms with Crippen LogP contribution in [-0.4, -0.2) is 40.6 Å². The zero-order valence-corrected chi connectivity index (χ0v) is 15.9. The van der Waals surface area contributed by atoms with Crippen LogP contribution in [0.2, 0.25) is 0 Å². The van der Waals surface area contributed by atoms with Gasteiger partial charge in [0.2, 0.25) is 10.0 Å². The van der Waals surface area contributed by atoms with Gasteiger partial charge in [0.05, 0.1) is 4.90 Å². The molecule has 1 aromatic carbocycles. The van der Waals surface area contributed by atoms with Crippen LogP contribution in [0.4, 0.5) is 0 Å². The van der Waals surface area contributed by atoms with Crippen molar-refractivity contribution in [3.8, 4) is 0 Å². The summed E-state index contributed by atoms with van der Waals surface area (Å²) in [5.74, 6) is 1.39. The van der Waals surface area contributed by atoms with Crippen molar-refractivity contribution in [2.24, 2.45) is 10.9 Å². The molecule has 124 valence electrons. The molecule has 1 fully saturated rings. The van der Waals surface area contributed by atoms with E-state index in [4.69, 9.17) is 0 Å². The van der Waals surface area contributed by atoms with Gasteiger partial charge in [0.15, 0.2) is 5.96 Å². The number of nitrogens with one attached hydrogen (secondary N) is 3. The summed E-state index contributed by atoms with van der Waals surface area (Å²) in [6.45, 7) is 2.96. The van der Waals surface area contributed by atoms with E-state index in [1.807, 2.05) is 0 Å². The fraction of sp³-hybridized carbons (Fsp3) is 0.500. The molecule has 8 heteroatoms. The van der Waals surface area contributed by atoms with Crippen LogP contribution in [0, 0.1) is 5.92 Å². The molecule has 0 aliphatic heterocycles. The van der Waals surface area contributed by atoms with Gasteiger partial charge in [-0.25, -0.2) is 13.1 Å². The lowest BCUT2D eigenvalue weighted by molar-refractivity contribution is 0.580. The average Bonchev–Trinajstić information content (AvgIpc) is 3.18. The summed E-state index contributed by atoms with van der Waals surface area (Å²) < 4.78 is 26.5. The van der Waals surface area contributed by atoms with Gasteiger partial charge in [0.25, 0.3) is 0 Å². The molecule has 1 aromatic rings. The molecular weight excluding hydrogens is 415 g/mol. The topological polar surface area (TPSA) is 82.6 Å². The molecule has 3 N–H and O–H groups in total. The van der Waals surface area contributed by atoms with Crippen LogP contribution < -0.4 is 15.4 Å². The lowest BCUT2D eigenvalue weighted by Gasteiger charge is -2.12. The molecule has 1 saturated carbocycles. The number of hydrogen-bond acceptors (Lipinski definition) is 3. The largest absolute Gasteiger partial charge is 0.355 e. The number of guanidine groups is 1. The number of hydrogen-bond donors (Lipinski definition) is 3. The third-order valence-electron chi connectivity index (χ3n) is 3.42. The molecule has 0 spiro atoms. The minimum absolute atomic E-state index is 0. The molecule has 0 bridgehead atoms. The molecular formula is C14H23IN4O2S. The van der Waals surface area contributed by atoms with Crippen molar-refractivity contribution in [2.75, 3.05) is 20.1 Å². The smallest absolute Gasteiger partial charge is 0.240 e.